The molecule has 0 atom stereocenters. The number of nitrogens with one attached hydrogen (secondary N) is 1. The predicted octanol–water partition coefficient (Wildman–Crippen LogP) is 3.42. The van der Waals surface area contributed by atoms with Crippen LogP contribution in [0.3, 0.4) is 0 Å². The molecule has 0 aliphatic rings. The minimum Gasteiger partial charge on any atom is -0.497 e. The van der Waals surface area contributed by atoms with Crippen molar-refractivity contribution >= 4 is 11.0 Å². The van der Waals surface area contributed by atoms with Gasteiger partial charge in [-0.15, -0.1) is 0 Å². The molecule has 2 heterocycles. The van der Waals surface area contributed by atoms with Gasteiger partial charge in [0.1, 0.15) is 11.4 Å². The smallest absolute Gasteiger partial charge is 0.163 e. The molecule has 0 aliphatic heterocycles. The number of H-pyrrole nitrogens is 1. The molecule has 0 unspecified atom stereocenters. The number of benzene rings is 2. The molecular weight excluding hydrogens is 276 g/mol. The van der Waals surface area contributed by atoms with Gasteiger partial charge >= 0.3 is 0 Å². The van der Waals surface area contributed by atoms with Crippen LogP contribution >= 0.6 is 0 Å². The summed E-state index contributed by atoms with van der Waals surface area (Å²) in [7, 11) is 1.66. The van der Waals surface area contributed by atoms with Crippen molar-refractivity contribution in [2.45, 2.75) is 0 Å². The van der Waals surface area contributed by atoms with Crippen molar-refractivity contribution in [3.63, 3.8) is 0 Å². The summed E-state index contributed by atoms with van der Waals surface area (Å²) >= 11 is 0. The van der Waals surface area contributed by atoms with E-state index >= 15 is 0 Å². The van der Waals surface area contributed by atoms with Gasteiger partial charge in [0, 0.05) is 18.0 Å². The lowest BCUT2D eigenvalue weighted by atomic mass is 10.2. The molecule has 5 nitrogen and oxygen atoms in total. The fourth-order valence-electron chi connectivity index (χ4n) is 2.59. The largest absolute Gasteiger partial charge is 0.497 e. The molecule has 22 heavy (non-hydrogen) atoms. The van der Waals surface area contributed by atoms with Gasteiger partial charge in [0.25, 0.3) is 0 Å². The average Bonchev–Trinajstić information content (AvgIpc) is 3.22. The van der Waals surface area contributed by atoms with Crippen molar-refractivity contribution in [3.05, 3.63) is 60.8 Å². The van der Waals surface area contributed by atoms with Gasteiger partial charge in [-0.3, -0.25) is 9.67 Å². The van der Waals surface area contributed by atoms with Gasteiger partial charge in [0.2, 0.25) is 0 Å². The van der Waals surface area contributed by atoms with E-state index in [-0.39, 0.29) is 0 Å². The van der Waals surface area contributed by atoms with Crippen molar-refractivity contribution in [1.82, 2.24) is 19.7 Å². The number of methoxy groups -OCH3 is 1. The third-order valence-electron chi connectivity index (χ3n) is 3.62. The molecule has 1 N–H and O–H groups in total. The minimum absolute atomic E-state index is 0.793. The van der Waals surface area contributed by atoms with Crippen LogP contribution in [0.4, 0.5) is 0 Å². The summed E-state index contributed by atoms with van der Waals surface area (Å²) < 4.78 is 7.41. The molecule has 4 aromatic rings. The van der Waals surface area contributed by atoms with E-state index in [0.29, 0.717) is 0 Å². The fourth-order valence-corrected chi connectivity index (χ4v) is 2.59. The van der Waals surface area contributed by atoms with Gasteiger partial charge in [0.05, 0.1) is 18.1 Å². The summed E-state index contributed by atoms with van der Waals surface area (Å²) in [6, 6.07) is 18.0. The average molecular weight is 290 g/mol. The molecule has 2 aromatic heterocycles. The van der Waals surface area contributed by atoms with Gasteiger partial charge in [-0.05, 0) is 30.3 Å². The fraction of sp³-hybridized carbons (Fsp3) is 0.0588. The first-order valence-electron chi connectivity index (χ1n) is 6.98. The molecule has 0 fully saturated rings. The normalized spacial score (nSPS) is 11.0. The van der Waals surface area contributed by atoms with Crippen molar-refractivity contribution in [1.29, 1.82) is 0 Å². The first-order valence-corrected chi connectivity index (χ1v) is 6.98. The van der Waals surface area contributed by atoms with Crippen molar-refractivity contribution in [2.75, 3.05) is 7.11 Å². The number of fused-ring (bicyclic) bond motifs is 1. The molecule has 0 spiro atoms. The lowest BCUT2D eigenvalue weighted by Gasteiger charge is -2.08. The molecule has 4 rings (SSSR count). The van der Waals surface area contributed by atoms with E-state index in [4.69, 9.17) is 9.72 Å². The van der Waals surface area contributed by atoms with Crippen LogP contribution in [0.1, 0.15) is 0 Å². The third-order valence-corrected chi connectivity index (χ3v) is 3.62. The number of rotatable bonds is 3. The van der Waals surface area contributed by atoms with Crippen molar-refractivity contribution in [3.8, 4) is 23.0 Å². The van der Waals surface area contributed by atoms with Gasteiger partial charge in [-0.2, -0.15) is 5.10 Å². The summed E-state index contributed by atoms with van der Waals surface area (Å²) in [5.74, 6) is 1.62. The van der Waals surface area contributed by atoms with E-state index in [9.17, 15) is 0 Å². The first-order chi connectivity index (χ1) is 10.9. The second kappa shape index (κ2) is 5.04. The van der Waals surface area contributed by atoms with Crippen LogP contribution in [-0.2, 0) is 0 Å². The molecule has 0 bridgehead atoms. The van der Waals surface area contributed by atoms with Gasteiger partial charge in [-0.1, -0.05) is 18.2 Å². The molecule has 0 saturated heterocycles. The lowest BCUT2D eigenvalue weighted by molar-refractivity contribution is 0.415. The van der Waals surface area contributed by atoms with Crippen molar-refractivity contribution < 1.29 is 4.74 Å². The van der Waals surface area contributed by atoms with Crippen LogP contribution < -0.4 is 4.74 Å². The Labute approximate surface area is 127 Å². The number of aromatic amines is 1. The molecule has 0 radical (unpaired) electrons. The van der Waals surface area contributed by atoms with Gasteiger partial charge in [0.15, 0.2) is 5.82 Å². The van der Waals surface area contributed by atoms with E-state index in [0.717, 1.165) is 34.0 Å². The summed E-state index contributed by atoms with van der Waals surface area (Å²) in [6.07, 6.45) is 1.73. The van der Waals surface area contributed by atoms with Gasteiger partial charge < -0.3 is 4.74 Å². The van der Waals surface area contributed by atoms with Crippen molar-refractivity contribution in [2.24, 2.45) is 0 Å². The molecule has 2 aromatic carbocycles. The monoisotopic (exact) mass is 290 g/mol. The van der Waals surface area contributed by atoms with E-state index < -0.39 is 0 Å². The molecule has 0 amide bonds. The molecule has 0 saturated carbocycles. The highest BCUT2D eigenvalue weighted by atomic mass is 16.5. The zero-order valence-electron chi connectivity index (χ0n) is 12.0. The van der Waals surface area contributed by atoms with E-state index in [1.807, 2.05) is 42.5 Å². The Hall–Kier alpha value is -3.08. The Bertz CT molecular complexity index is 911. The highest BCUT2D eigenvalue weighted by Crippen LogP contribution is 2.29. The zero-order chi connectivity index (χ0) is 14.9. The number of ether oxygens (including phenoxy) is 1. The van der Waals surface area contributed by atoms with Crippen LogP contribution in [0, 0.1) is 0 Å². The number of aromatic nitrogens is 4. The Morgan fingerprint density at radius 3 is 2.64 bits per heavy atom. The number of hydrogen-bond acceptors (Lipinski definition) is 3. The number of imidazole rings is 1. The minimum atomic E-state index is 0.793. The standard InChI is InChI=1S/C17H14N4O/c1-22-13-7-8-16-15(11-13)19-17(14-9-10-18-20-14)21(16)12-5-3-2-4-6-12/h2-11H,1H3,(H,18,20). The maximum absolute atomic E-state index is 5.30. The Morgan fingerprint density at radius 1 is 1.05 bits per heavy atom. The number of hydrogen-bond donors (Lipinski definition) is 1. The Balaban J connectivity index is 2.05. The van der Waals surface area contributed by atoms with E-state index in [1.165, 1.54) is 0 Å². The third kappa shape index (κ3) is 1.95. The second-order valence-corrected chi connectivity index (χ2v) is 4.93. The molecular formula is C17H14N4O. The highest BCUT2D eigenvalue weighted by molar-refractivity contribution is 5.83. The summed E-state index contributed by atoms with van der Waals surface area (Å²) in [5.41, 5.74) is 3.84. The van der Waals surface area contributed by atoms with Crippen LogP contribution in [-0.4, -0.2) is 26.9 Å². The molecule has 108 valence electrons. The van der Waals surface area contributed by atoms with Gasteiger partial charge in [-0.25, -0.2) is 4.98 Å². The maximum atomic E-state index is 5.30. The maximum Gasteiger partial charge on any atom is 0.163 e. The Kier molecular flexibility index (Phi) is 2.89. The van der Waals surface area contributed by atoms with Crippen LogP contribution in [0.15, 0.2) is 60.8 Å². The second-order valence-electron chi connectivity index (χ2n) is 4.93. The van der Waals surface area contributed by atoms with E-state index in [1.54, 1.807) is 13.3 Å². The SMILES string of the molecule is COc1ccc2c(c1)nc(-c1ccn[nH]1)n2-c1ccccc1. The Morgan fingerprint density at radius 2 is 1.91 bits per heavy atom. The molecule has 0 aliphatic carbocycles. The summed E-state index contributed by atoms with van der Waals surface area (Å²) in [6.45, 7) is 0. The quantitative estimate of drug-likeness (QED) is 0.629. The number of nitrogens with zero attached hydrogens (tertiary/aromatic N) is 3. The van der Waals surface area contributed by atoms with Crippen LogP contribution in [0.5, 0.6) is 5.75 Å². The summed E-state index contributed by atoms with van der Waals surface area (Å²) in [4.78, 5) is 4.75. The topological polar surface area (TPSA) is 55.7 Å². The zero-order valence-corrected chi connectivity index (χ0v) is 12.0. The summed E-state index contributed by atoms with van der Waals surface area (Å²) in [5, 5.41) is 7.02. The van der Waals surface area contributed by atoms with Crippen LogP contribution in [0.2, 0.25) is 0 Å². The predicted molar refractivity (Wildman–Crippen MR) is 85.2 cm³/mol. The van der Waals surface area contributed by atoms with Crippen LogP contribution in [0.25, 0.3) is 28.2 Å². The number of para-hydroxylation sites is 1. The van der Waals surface area contributed by atoms with E-state index in [2.05, 4.69) is 26.9 Å². The highest BCUT2D eigenvalue weighted by Gasteiger charge is 2.15. The lowest BCUT2D eigenvalue weighted by Crippen LogP contribution is -1.97. The molecule has 5 heteroatoms. The first kappa shape index (κ1) is 12.6.